The molecule has 6 rings (SSSR count). The summed E-state index contributed by atoms with van der Waals surface area (Å²) in [7, 11) is 2.13. The maximum atomic E-state index is 11.8. The summed E-state index contributed by atoms with van der Waals surface area (Å²) < 4.78 is 6.34. The van der Waals surface area contributed by atoms with Crippen LogP contribution in [0.4, 0.5) is 16.3 Å². The van der Waals surface area contributed by atoms with Crippen LogP contribution in [-0.2, 0) is 13.0 Å². The number of hydrogen-bond acceptors (Lipinski definition) is 8. The van der Waals surface area contributed by atoms with Gasteiger partial charge >= 0.3 is 12.1 Å². The van der Waals surface area contributed by atoms with Crippen molar-refractivity contribution < 1.29 is 14.6 Å². The van der Waals surface area contributed by atoms with Gasteiger partial charge in [0.25, 0.3) is 0 Å². The van der Waals surface area contributed by atoms with Gasteiger partial charge in [-0.25, -0.2) is 4.79 Å². The first-order chi connectivity index (χ1) is 19.9. The molecule has 0 radical (unpaired) electrons. The lowest BCUT2D eigenvalue weighted by molar-refractivity contribution is 0.107. The van der Waals surface area contributed by atoms with Gasteiger partial charge < -0.3 is 24.5 Å². The molecule has 0 spiro atoms. The first kappa shape index (κ1) is 27.1. The Morgan fingerprint density at radius 3 is 2.73 bits per heavy atom. The minimum atomic E-state index is -0.988. The van der Waals surface area contributed by atoms with Gasteiger partial charge in [-0.15, -0.1) is 0 Å². The predicted octanol–water partition coefficient (Wildman–Crippen LogP) is 4.14. The maximum absolute atomic E-state index is 11.8. The highest BCUT2D eigenvalue weighted by Crippen LogP contribution is 2.35. The van der Waals surface area contributed by atoms with Crippen LogP contribution in [0.1, 0.15) is 37.4 Å². The van der Waals surface area contributed by atoms with Crippen molar-refractivity contribution in [1.82, 2.24) is 19.8 Å². The van der Waals surface area contributed by atoms with E-state index in [9.17, 15) is 15.2 Å². The van der Waals surface area contributed by atoms with Crippen molar-refractivity contribution in [3.63, 3.8) is 0 Å². The number of rotatable bonds is 6. The highest BCUT2D eigenvalue weighted by atomic mass is 16.5. The molecule has 2 fully saturated rings. The van der Waals surface area contributed by atoms with Crippen LogP contribution in [0.3, 0.4) is 0 Å². The molecule has 2 atom stereocenters. The Kier molecular flexibility index (Phi) is 7.30. The normalized spacial score (nSPS) is 23.0. The Bertz CT molecular complexity index is 1490. The zero-order valence-electron chi connectivity index (χ0n) is 23.8. The van der Waals surface area contributed by atoms with Gasteiger partial charge in [0.2, 0.25) is 0 Å². The van der Waals surface area contributed by atoms with Crippen molar-refractivity contribution in [2.75, 3.05) is 56.2 Å². The molecule has 4 heterocycles. The number of benzene rings is 2. The largest absolute Gasteiger partial charge is 0.465 e. The van der Waals surface area contributed by atoms with Gasteiger partial charge in [0.1, 0.15) is 12.4 Å². The van der Waals surface area contributed by atoms with E-state index in [0.717, 1.165) is 49.4 Å². The molecule has 10 heteroatoms. The fourth-order valence-corrected chi connectivity index (χ4v) is 6.54. The Labute approximate surface area is 240 Å². The summed E-state index contributed by atoms with van der Waals surface area (Å²) in [5.41, 5.74) is 3.13. The third kappa shape index (κ3) is 5.22. The van der Waals surface area contributed by atoms with Gasteiger partial charge in [0, 0.05) is 42.8 Å². The number of carboxylic acid groups (broad SMARTS) is 1. The van der Waals surface area contributed by atoms with Crippen LogP contribution in [0.15, 0.2) is 42.5 Å². The van der Waals surface area contributed by atoms with Crippen molar-refractivity contribution in [3.8, 4) is 12.1 Å². The molecule has 214 valence electrons. The molecule has 3 aliphatic heterocycles. The number of likely N-dealkylation sites (tertiary alicyclic amines) is 1. The Hall–Kier alpha value is -4.10. The molecular weight excluding hydrogens is 518 g/mol. The lowest BCUT2D eigenvalue weighted by Gasteiger charge is -2.41. The fourth-order valence-electron chi connectivity index (χ4n) is 6.54. The van der Waals surface area contributed by atoms with Crippen molar-refractivity contribution in [1.29, 1.82) is 5.26 Å². The third-order valence-electron chi connectivity index (χ3n) is 9.13. The second kappa shape index (κ2) is 11.1. The first-order valence-electron chi connectivity index (χ1n) is 14.4. The van der Waals surface area contributed by atoms with E-state index in [2.05, 4.69) is 77.2 Å². The van der Waals surface area contributed by atoms with Crippen molar-refractivity contribution in [3.05, 3.63) is 53.7 Å². The van der Waals surface area contributed by atoms with Gasteiger partial charge in [-0.1, -0.05) is 36.4 Å². The summed E-state index contributed by atoms with van der Waals surface area (Å²) in [5.74, 6) is 0.806. The van der Waals surface area contributed by atoms with Crippen molar-refractivity contribution >= 4 is 28.4 Å². The number of likely N-dealkylation sites (N-methyl/N-ethyl adjacent to an activating group) is 1. The third-order valence-corrected chi connectivity index (χ3v) is 9.13. The van der Waals surface area contributed by atoms with E-state index < -0.39 is 12.1 Å². The molecule has 0 bridgehead atoms. The minimum absolute atomic E-state index is 0.0700. The van der Waals surface area contributed by atoms with E-state index in [1.54, 1.807) is 0 Å². The van der Waals surface area contributed by atoms with E-state index >= 15 is 0 Å². The molecule has 3 aliphatic rings. The standard InChI is InChI=1S/C31H37N7O3/c1-31(13-6-15-35(31)2)21-41-29-33-26-20-36(27-10-5-8-22-7-3-4-9-24(22)27)16-12-25(26)28(34-29)37-17-18-38(30(39)40)23(19-37)11-14-32/h3-5,7-10,23H,6,11-13,15-21H2,1-2H3,(H,39,40)/t23?,31-/m0/s1. The number of amides is 1. The van der Waals surface area contributed by atoms with Crippen LogP contribution in [0.25, 0.3) is 10.8 Å². The smallest absolute Gasteiger partial charge is 0.407 e. The molecule has 0 saturated carbocycles. The van der Waals surface area contributed by atoms with E-state index in [1.807, 2.05) is 0 Å². The Morgan fingerprint density at radius 2 is 1.95 bits per heavy atom. The topological polar surface area (TPSA) is 109 Å². The summed E-state index contributed by atoms with van der Waals surface area (Å²) >= 11 is 0. The lowest BCUT2D eigenvalue weighted by Crippen LogP contribution is -2.55. The monoisotopic (exact) mass is 555 g/mol. The summed E-state index contributed by atoms with van der Waals surface area (Å²) in [6.07, 6.45) is 2.11. The van der Waals surface area contributed by atoms with Crippen LogP contribution < -0.4 is 14.5 Å². The number of nitriles is 1. The molecule has 41 heavy (non-hydrogen) atoms. The SMILES string of the molecule is CN1CCC[C@@]1(C)COc1nc2c(c(N3CCN(C(=O)O)C(CC#N)C3)n1)CCN(c1cccc3ccccc13)C2. The first-order valence-corrected chi connectivity index (χ1v) is 14.4. The number of anilines is 2. The van der Waals surface area contributed by atoms with E-state index in [4.69, 9.17) is 14.7 Å². The number of nitrogens with zero attached hydrogens (tertiary/aromatic N) is 7. The quantitative estimate of drug-likeness (QED) is 0.480. The molecule has 2 saturated heterocycles. The van der Waals surface area contributed by atoms with E-state index in [-0.39, 0.29) is 12.0 Å². The highest BCUT2D eigenvalue weighted by molar-refractivity contribution is 5.94. The highest BCUT2D eigenvalue weighted by Gasteiger charge is 2.36. The molecule has 1 N–H and O–H groups in total. The summed E-state index contributed by atoms with van der Waals surface area (Å²) in [5, 5.41) is 21.5. The predicted molar refractivity (Wildman–Crippen MR) is 157 cm³/mol. The summed E-state index contributed by atoms with van der Waals surface area (Å²) in [4.78, 5) is 30.0. The average Bonchev–Trinajstić information content (AvgIpc) is 3.32. The maximum Gasteiger partial charge on any atom is 0.407 e. The molecule has 1 aromatic heterocycles. The second-order valence-corrected chi connectivity index (χ2v) is 11.7. The van der Waals surface area contributed by atoms with Gasteiger partial charge in [-0.05, 0) is 51.2 Å². The second-order valence-electron chi connectivity index (χ2n) is 11.7. The molecule has 1 unspecified atom stereocenters. The number of hydrogen-bond donors (Lipinski definition) is 1. The van der Waals surface area contributed by atoms with E-state index in [0.29, 0.717) is 38.8 Å². The molecule has 2 aromatic carbocycles. The molecule has 10 nitrogen and oxygen atoms in total. The van der Waals surface area contributed by atoms with Crippen LogP contribution in [0, 0.1) is 11.3 Å². The van der Waals surface area contributed by atoms with Crippen molar-refractivity contribution in [2.45, 2.75) is 50.7 Å². The van der Waals surface area contributed by atoms with Crippen LogP contribution in [-0.4, -0.2) is 88.9 Å². The summed E-state index contributed by atoms with van der Waals surface area (Å²) in [6.45, 7) is 6.45. The van der Waals surface area contributed by atoms with E-state index in [1.165, 1.54) is 21.4 Å². The summed E-state index contributed by atoms with van der Waals surface area (Å²) in [6, 6.07) is 17.0. The zero-order chi connectivity index (χ0) is 28.6. The van der Waals surface area contributed by atoms with Gasteiger partial charge in [-0.3, -0.25) is 4.90 Å². The fraction of sp³-hybridized carbons (Fsp3) is 0.484. The minimum Gasteiger partial charge on any atom is -0.465 e. The van der Waals surface area contributed by atoms with Crippen LogP contribution >= 0.6 is 0 Å². The zero-order valence-corrected chi connectivity index (χ0v) is 23.8. The number of aromatic nitrogens is 2. The van der Waals surface area contributed by atoms with Crippen molar-refractivity contribution in [2.24, 2.45) is 0 Å². The number of ether oxygens (including phenoxy) is 1. The van der Waals surface area contributed by atoms with Gasteiger partial charge in [0.15, 0.2) is 0 Å². The Balaban J connectivity index is 1.34. The van der Waals surface area contributed by atoms with Gasteiger partial charge in [0.05, 0.1) is 36.3 Å². The number of fused-ring (bicyclic) bond motifs is 2. The van der Waals surface area contributed by atoms with Gasteiger partial charge in [-0.2, -0.15) is 15.2 Å². The van der Waals surface area contributed by atoms with Crippen LogP contribution in [0.2, 0.25) is 0 Å². The molecule has 3 aromatic rings. The molecule has 1 amide bonds. The lowest BCUT2D eigenvalue weighted by atomic mass is 10.0. The molecule has 0 aliphatic carbocycles. The Morgan fingerprint density at radius 1 is 1.12 bits per heavy atom. The number of piperazine rings is 1. The van der Waals surface area contributed by atoms with Crippen LogP contribution in [0.5, 0.6) is 6.01 Å². The molecular formula is C31H37N7O3. The number of carbonyl (C=O) groups is 1. The average molecular weight is 556 g/mol.